The van der Waals surface area contributed by atoms with Gasteiger partial charge < -0.3 is 9.80 Å². The average Bonchev–Trinajstić information content (AvgIpc) is 3.47. The van der Waals surface area contributed by atoms with Gasteiger partial charge in [0.15, 0.2) is 6.71 Å². The molecular formula is C60H90BN3. The molecule has 1 spiro atoms. The van der Waals surface area contributed by atoms with Gasteiger partial charge in [-0.2, -0.15) is 0 Å². The van der Waals surface area contributed by atoms with Crippen molar-refractivity contribution < 1.29 is 0 Å². The largest absolute Gasteiger partial charge is 0.369 e. The number of rotatable bonds is 5. The summed E-state index contributed by atoms with van der Waals surface area (Å²) in [4.78, 5) is 9.77. The molecule has 0 aromatic heterocycles. The molecule has 11 aliphatic rings. The lowest BCUT2D eigenvalue weighted by Crippen LogP contribution is -2.68. The monoisotopic (exact) mass is 864 g/mol. The van der Waals surface area contributed by atoms with Crippen LogP contribution in [0.15, 0.2) is 83.7 Å². The molecule has 0 N–H and O–H groups in total. The summed E-state index contributed by atoms with van der Waals surface area (Å²) < 4.78 is 0. The number of hydrogen-bond donors (Lipinski definition) is 0. The first kappa shape index (κ1) is 44.3. The van der Waals surface area contributed by atoms with Crippen LogP contribution in [0.25, 0.3) is 0 Å². The molecule has 13 unspecified atom stereocenters. The van der Waals surface area contributed by atoms with Crippen LogP contribution < -0.4 is 0 Å². The van der Waals surface area contributed by atoms with Crippen molar-refractivity contribution in [2.24, 2.45) is 51.8 Å². The zero-order valence-corrected chi connectivity index (χ0v) is 42.3. The normalized spacial score (nSPS) is 42.4. The van der Waals surface area contributed by atoms with Crippen LogP contribution in [0.1, 0.15) is 184 Å². The Balaban J connectivity index is 1.09. The number of nitrogens with zero attached hydrogens (tertiary/aromatic N) is 3. The maximum Gasteiger partial charge on any atom is 0.189 e. The molecule has 0 amide bonds. The van der Waals surface area contributed by atoms with Crippen molar-refractivity contribution in [2.75, 3.05) is 0 Å². The van der Waals surface area contributed by atoms with Crippen molar-refractivity contribution >= 4 is 6.71 Å². The van der Waals surface area contributed by atoms with E-state index in [0.29, 0.717) is 82.7 Å². The Morgan fingerprint density at radius 2 is 1.52 bits per heavy atom. The Bertz CT molecular complexity index is 1950. The topological polar surface area (TPSA) is 9.72 Å². The molecule has 0 radical (unpaired) electrons. The van der Waals surface area contributed by atoms with E-state index in [0.717, 1.165) is 23.7 Å². The minimum atomic E-state index is 0.188. The molecule has 8 aliphatic carbocycles. The second-order valence-electron chi connectivity index (χ2n) is 27.0. The van der Waals surface area contributed by atoms with Crippen molar-refractivity contribution in [1.29, 1.82) is 0 Å². The lowest BCUT2D eigenvalue weighted by Gasteiger charge is -2.64. The van der Waals surface area contributed by atoms with Crippen LogP contribution in [-0.4, -0.2) is 63.2 Å². The van der Waals surface area contributed by atoms with Crippen LogP contribution in [0.5, 0.6) is 0 Å². The summed E-state index contributed by atoms with van der Waals surface area (Å²) >= 11 is 0. The van der Waals surface area contributed by atoms with Gasteiger partial charge in [0.25, 0.3) is 0 Å². The molecule has 13 atom stereocenters. The highest BCUT2D eigenvalue weighted by atomic mass is 15.3. The molecule has 0 bridgehead atoms. The zero-order valence-electron chi connectivity index (χ0n) is 42.3. The van der Waals surface area contributed by atoms with E-state index in [1.807, 2.05) is 11.2 Å². The van der Waals surface area contributed by atoms with Crippen molar-refractivity contribution in [2.45, 2.75) is 238 Å². The zero-order chi connectivity index (χ0) is 44.3. The highest BCUT2D eigenvalue weighted by Crippen LogP contribution is 2.71. The quantitative estimate of drug-likeness (QED) is 0.201. The Labute approximate surface area is 392 Å². The second-order valence-corrected chi connectivity index (χ2v) is 27.0. The Kier molecular flexibility index (Phi) is 11.4. The van der Waals surface area contributed by atoms with Crippen LogP contribution in [0, 0.1) is 51.8 Å². The fourth-order valence-corrected chi connectivity index (χ4v) is 18.5. The van der Waals surface area contributed by atoms with Crippen LogP contribution in [0.3, 0.4) is 0 Å². The van der Waals surface area contributed by atoms with E-state index >= 15 is 0 Å². The smallest absolute Gasteiger partial charge is 0.189 e. The predicted octanol–water partition coefficient (Wildman–Crippen LogP) is 14.9. The van der Waals surface area contributed by atoms with Crippen molar-refractivity contribution in [1.82, 2.24) is 14.7 Å². The standard InChI is InChI=1S/C60H90BN3/c1-40-34-52-55-53(35-40)64-56-50(31-29-48(41-22-14-10-15-23-41)54(56)60(59(64,8)9)32-20-13-21-33-60)61(55)49-30-28-46(62(44-24-16-11-17-25-44)45-26-18-12-19-27-45)39-51(49)63(52)47-37-42(57(2,3)4)36-43(38-47)58(5,6)7/h10-11,14-16,18,22,26,28-29,31,40-45,47-51,53-54,56H,12-13,17,19-21,23-25,27,30,32-39H2,1-9H3. The summed E-state index contributed by atoms with van der Waals surface area (Å²) in [6, 6.07) is 3.66. The first-order chi connectivity index (χ1) is 30.7. The summed E-state index contributed by atoms with van der Waals surface area (Å²) in [5.74, 6) is 5.59. The van der Waals surface area contributed by atoms with Gasteiger partial charge in [-0.1, -0.05) is 140 Å². The van der Waals surface area contributed by atoms with Gasteiger partial charge in [0.05, 0.1) is 0 Å². The molecule has 3 aliphatic heterocycles. The molecule has 4 fully saturated rings. The maximum absolute atomic E-state index is 3.36. The third-order valence-corrected chi connectivity index (χ3v) is 21.5. The summed E-state index contributed by atoms with van der Waals surface area (Å²) in [5, 5.41) is 0. The minimum Gasteiger partial charge on any atom is -0.369 e. The van der Waals surface area contributed by atoms with Crippen molar-refractivity contribution in [3.8, 4) is 0 Å². The van der Waals surface area contributed by atoms with Gasteiger partial charge in [-0.05, 0) is 174 Å². The fraction of sp³-hybridized carbons (Fsp3) is 0.767. The number of fused-ring (bicyclic) bond motifs is 5. The van der Waals surface area contributed by atoms with Gasteiger partial charge in [0, 0.05) is 59.6 Å². The molecule has 4 heteroatoms. The molecule has 2 saturated heterocycles. The molecule has 11 rings (SSSR count). The van der Waals surface area contributed by atoms with E-state index < -0.39 is 0 Å². The predicted molar refractivity (Wildman–Crippen MR) is 272 cm³/mol. The van der Waals surface area contributed by atoms with Gasteiger partial charge in [0.1, 0.15) is 0 Å². The first-order valence-corrected chi connectivity index (χ1v) is 27.8. The molecule has 348 valence electrons. The van der Waals surface area contributed by atoms with Crippen LogP contribution >= 0.6 is 0 Å². The van der Waals surface area contributed by atoms with Crippen LogP contribution in [0.2, 0.25) is 11.6 Å². The molecule has 0 aromatic carbocycles. The molecular weight excluding hydrogens is 773 g/mol. The summed E-state index contributed by atoms with van der Waals surface area (Å²) in [6.07, 6.45) is 54.2. The Hall–Kier alpha value is -2.20. The van der Waals surface area contributed by atoms with Crippen LogP contribution in [-0.2, 0) is 0 Å². The summed E-state index contributed by atoms with van der Waals surface area (Å²) in [5.41, 5.74) is 6.83. The van der Waals surface area contributed by atoms with E-state index in [-0.39, 0.29) is 5.54 Å². The van der Waals surface area contributed by atoms with E-state index in [4.69, 9.17) is 0 Å². The lowest BCUT2D eigenvalue weighted by molar-refractivity contribution is -0.0184. The summed E-state index contributed by atoms with van der Waals surface area (Å²) in [7, 11) is 0. The maximum atomic E-state index is 3.36. The third kappa shape index (κ3) is 7.09. The number of allylic oxidation sites excluding steroid dienone is 9. The highest BCUT2D eigenvalue weighted by Gasteiger charge is 2.73. The van der Waals surface area contributed by atoms with Crippen molar-refractivity contribution in [3.05, 3.63) is 83.7 Å². The van der Waals surface area contributed by atoms with E-state index in [1.165, 1.54) is 122 Å². The van der Waals surface area contributed by atoms with Crippen molar-refractivity contribution in [3.63, 3.8) is 0 Å². The molecule has 0 aromatic rings. The Morgan fingerprint density at radius 3 is 2.19 bits per heavy atom. The molecule has 3 nitrogen and oxygen atoms in total. The van der Waals surface area contributed by atoms with Gasteiger partial charge >= 0.3 is 0 Å². The average molecular weight is 864 g/mol. The SMILES string of the molecule is CC1CC2=C3B(C4C=CC(C5C=CC=CC5)C5C4N(C3C1)C(C)(C)C51CCCCC1)C1CC=C(N(C3C=CCCC3)C3CC=CCC3)CC1N2C1CC(C(C)(C)C)CC(C(C)(C)C)C1. The van der Waals surface area contributed by atoms with E-state index in [1.54, 1.807) is 5.70 Å². The fourth-order valence-electron chi connectivity index (χ4n) is 18.5. The lowest BCUT2D eigenvalue weighted by atomic mass is 9.22. The molecule has 2 saturated carbocycles. The third-order valence-electron chi connectivity index (χ3n) is 21.5. The molecule has 3 heterocycles. The van der Waals surface area contributed by atoms with Gasteiger partial charge in [-0.15, -0.1) is 0 Å². The van der Waals surface area contributed by atoms with Gasteiger partial charge in [0.2, 0.25) is 0 Å². The second kappa shape index (κ2) is 16.5. The highest BCUT2D eigenvalue weighted by molar-refractivity contribution is 6.71. The van der Waals surface area contributed by atoms with Crippen LogP contribution in [0.4, 0.5) is 0 Å². The van der Waals surface area contributed by atoms with Gasteiger partial charge in [-0.3, -0.25) is 4.90 Å². The van der Waals surface area contributed by atoms with E-state index in [2.05, 4.69) is 144 Å². The Morgan fingerprint density at radius 1 is 0.734 bits per heavy atom. The number of hydrogen-bond acceptors (Lipinski definition) is 3. The van der Waals surface area contributed by atoms with Gasteiger partial charge in [-0.25, -0.2) is 0 Å². The molecule has 64 heavy (non-hydrogen) atoms. The van der Waals surface area contributed by atoms with E-state index in [9.17, 15) is 0 Å². The first-order valence-electron chi connectivity index (χ1n) is 27.8. The summed E-state index contributed by atoms with van der Waals surface area (Å²) in [6.45, 7) is 24.5. The minimum absolute atomic E-state index is 0.188.